The summed E-state index contributed by atoms with van der Waals surface area (Å²) in [4.78, 5) is 4.37. The van der Waals surface area contributed by atoms with Crippen LogP contribution >= 0.6 is 31.9 Å². The summed E-state index contributed by atoms with van der Waals surface area (Å²) in [5.74, 6) is 0. The van der Waals surface area contributed by atoms with Gasteiger partial charge in [0.25, 0.3) is 0 Å². The highest BCUT2D eigenvalue weighted by Gasteiger charge is 2.54. The van der Waals surface area contributed by atoms with Gasteiger partial charge in [0.15, 0.2) is 5.70 Å². The van der Waals surface area contributed by atoms with Crippen LogP contribution in [0.25, 0.3) is 5.57 Å². The Labute approximate surface area is 154 Å². The topological polar surface area (TPSA) is 20.8 Å². The van der Waals surface area contributed by atoms with Crippen LogP contribution in [0.5, 0.6) is 0 Å². The highest BCUT2D eigenvalue weighted by atomic mass is 79.9. The molecule has 8 heteroatoms. The number of hydrogen-bond acceptors (Lipinski definition) is 1. The molecule has 0 amide bonds. The fraction of sp³-hybridized carbons (Fsp3) is 0.125. The van der Waals surface area contributed by atoms with Crippen LogP contribution in [0.4, 0.5) is 8.63 Å². The summed E-state index contributed by atoms with van der Waals surface area (Å²) < 4.78 is 33.1. The van der Waals surface area contributed by atoms with E-state index >= 15 is 8.63 Å². The summed E-state index contributed by atoms with van der Waals surface area (Å²) in [5, 5.41) is 0. The third kappa shape index (κ3) is 2.05. The number of halogens is 4. The van der Waals surface area contributed by atoms with Crippen molar-refractivity contribution in [3.05, 3.63) is 69.4 Å². The molecule has 0 aliphatic carbocycles. The Hall–Kier alpha value is -1.54. The Balaban J connectivity index is 2.12. The minimum Gasteiger partial charge on any atom is -0.389 e. The van der Waals surface area contributed by atoms with Crippen molar-refractivity contribution in [3.8, 4) is 0 Å². The lowest BCUT2D eigenvalue weighted by Crippen LogP contribution is -2.50. The highest BCUT2D eigenvalue weighted by molar-refractivity contribution is 9.18. The average Bonchev–Trinajstić information content (AvgIpc) is 3.06. The molecule has 4 rings (SSSR count). The van der Waals surface area contributed by atoms with Crippen molar-refractivity contribution in [3.63, 3.8) is 0 Å². The maximum atomic E-state index is 15.1. The van der Waals surface area contributed by atoms with E-state index in [2.05, 4.69) is 36.8 Å². The molecule has 0 N–H and O–H groups in total. The molecule has 0 saturated heterocycles. The number of rotatable bonds is 1. The van der Waals surface area contributed by atoms with Gasteiger partial charge in [-0.2, -0.15) is 0 Å². The first kappa shape index (κ1) is 16.0. The second-order valence-electron chi connectivity index (χ2n) is 5.93. The fourth-order valence-electron chi connectivity index (χ4n) is 3.37. The van der Waals surface area contributed by atoms with Crippen LogP contribution in [0.15, 0.2) is 46.8 Å². The molecule has 2 aromatic heterocycles. The van der Waals surface area contributed by atoms with Gasteiger partial charge >= 0.3 is 6.97 Å². The summed E-state index contributed by atoms with van der Waals surface area (Å²) in [6.45, 7) is -0.0975. The quantitative estimate of drug-likeness (QED) is 0.575. The van der Waals surface area contributed by atoms with Gasteiger partial charge in [-0.1, -0.05) is 0 Å². The van der Waals surface area contributed by atoms with Gasteiger partial charge in [0.2, 0.25) is 4.62 Å². The van der Waals surface area contributed by atoms with Crippen LogP contribution < -0.4 is 0 Å². The minimum absolute atomic E-state index is 0.351. The largest absolute Gasteiger partial charge is 0.738 e. The van der Waals surface area contributed by atoms with Gasteiger partial charge in [0.05, 0.1) is 10.2 Å². The first-order chi connectivity index (χ1) is 11.3. The van der Waals surface area contributed by atoms with Crippen LogP contribution in [-0.2, 0) is 0 Å². The van der Waals surface area contributed by atoms with Crippen molar-refractivity contribution >= 4 is 49.0 Å². The molecule has 2 aromatic rings. The number of nitrogens with zero attached hydrogens (tertiary/aromatic N) is 3. The Morgan fingerprint density at radius 3 is 2.62 bits per heavy atom. The smallest absolute Gasteiger partial charge is 0.389 e. The monoisotopic (exact) mass is 453 g/mol. The molecule has 122 valence electrons. The summed E-state index contributed by atoms with van der Waals surface area (Å²) in [5.41, 5.74) is 4.48. The number of aromatic nitrogens is 2. The Bertz CT molecular complexity index is 989. The number of fused-ring (bicyclic) bond motifs is 2. The maximum Gasteiger partial charge on any atom is 0.738 e. The fourth-order valence-corrected chi connectivity index (χ4v) is 4.51. The van der Waals surface area contributed by atoms with Crippen molar-refractivity contribution in [2.45, 2.75) is 13.8 Å². The minimum atomic E-state index is -3.98. The Kier molecular flexibility index (Phi) is 3.48. The first-order valence-electron chi connectivity index (χ1n) is 7.39. The predicted octanol–water partition coefficient (Wildman–Crippen LogP) is 4.63. The van der Waals surface area contributed by atoms with Crippen LogP contribution in [0.2, 0.25) is 0 Å². The third-order valence-electron chi connectivity index (χ3n) is 4.39. The molecule has 0 aromatic carbocycles. The molecule has 0 atom stereocenters. The van der Waals surface area contributed by atoms with Crippen LogP contribution in [0.1, 0.15) is 22.5 Å². The third-order valence-corrected chi connectivity index (χ3v) is 5.68. The highest BCUT2D eigenvalue weighted by Crippen LogP contribution is 2.42. The lowest BCUT2D eigenvalue weighted by Gasteiger charge is -2.32. The lowest BCUT2D eigenvalue weighted by atomic mass is 9.86. The summed E-state index contributed by atoms with van der Waals surface area (Å²) >= 11 is 6.53. The summed E-state index contributed by atoms with van der Waals surface area (Å²) in [6.07, 6.45) is 5.13. The summed E-state index contributed by atoms with van der Waals surface area (Å²) in [7, 11) is 0. The van der Waals surface area contributed by atoms with Gasteiger partial charge in [0, 0.05) is 51.2 Å². The molecule has 0 radical (unpaired) electrons. The van der Waals surface area contributed by atoms with Gasteiger partial charge in [0.1, 0.15) is 0 Å². The Morgan fingerprint density at radius 1 is 1.17 bits per heavy atom. The van der Waals surface area contributed by atoms with Gasteiger partial charge in [-0.25, -0.2) is 0 Å². The van der Waals surface area contributed by atoms with Crippen LogP contribution in [-0.4, -0.2) is 25.5 Å². The van der Waals surface area contributed by atoms with E-state index < -0.39 is 6.97 Å². The predicted molar refractivity (Wildman–Crippen MR) is 98.6 cm³/mol. The second kappa shape index (κ2) is 5.23. The lowest BCUT2D eigenvalue weighted by molar-refractivity contribution is -0.358. The van der Waals surface area contributed by atoms with Gasteiger partial charge in [-0.05, 0) is 53.5 Å². The SMILES string of the molecule is Cc1cc(C)c(C2=C3C=CC(Br)=[N+]3[B-](F)(F)n3c(Br)ccc32)cn1. The second-order valence-corrected chi connectivity index (χ2v) is 7.55. The van der Waals surface area contributed by atoms with Gasteiger partial charge in [-0.15, -0.1) is 0 Å². The standard InChI is InChI=1S/C16H12BBr2F2N3/c1-9-7-10(2)22-8-11(9)16-12-3-5-14(18)23(12)17(20,21)24-13(16)4-6-15(24)19/h3-8H,1-2H3. The van der Waals surface area contributed by atoms with Crippen molar-refractivity contribution in [1.82, 2.24) is 9.46 Å². The molecule has 0 saturated carbocycles. The van der Waals surface area contributed by atoms with Crippen molar-refractivity contribution in [2.24, 2.45) is 0 Å². The zero-order valence-electron chi connectivity index (χ0n) is 12.9. The van der Waals surface area contributed by atoms with E-state index in [-0.39, 0.29) is 0 Å². The molecule has 0 bridgehead atoms. The molecule has 2 aliphatic rings. The van der Waals surface area contributed by atoms with Crippen molar-refractivity contribution in [2.75, 3.05) is 0 Å². The molecule has 0 fully saturated rings. The van der Waals surface area contributed by atoms with Gasteiger partial charge < -0.3 is 17.6 Å². The molecule has 0 spiro atoms. The van der Waals surface area contributed by atoms with Crippen LogP contribution in [0.3, 0.4) is 0 Å². The molecule has 4 heterocycles. The van der Waals surface area contributed by atoms with E-state index in [1.165, 1.54) is 0 Å². The van der Waals surface area contributed by atoms with E-state index in [1.54, 1.807) is 30.5 Å². The van der Waals surface area contributed by atoms with Crippen molar-refractivity contribution in [1.29, 1.82) is 0 Å². The van der Waals surface area contributed by atoms with E-state index in [9.17, 15) is 0 Å². The zero-order valence-corrected chi connectivity index (χ0v) is 16.1. The molecular formula is C16H12BBr2F2N3. The molecule has 0 unspecified atom stereocenters. The summed E-state index contributed by atoms with van der Waals surface area (Å²) in [6, 6.07) is 5.34. The maximum absolute atomic E-state index is 15.1. The van der Waals surface area contributed by atoms with E-state index in [0.29, 0.717) is 20.6 Å². The van der Waals surface area contributed by atoms with Crippen molar-refractivity contribution < 1.29 is 13.1 Å². The average molecular weight is 455 g/mol. The van der Waals surface area contributed by atoms with Gasteiger partial charge in [-0.3, -0.25) is 4.98 Å². The van der Waals surface area contributed by atoms with E-state index in [4.69, 9.17) is 0 Å². The molecule has 2 aliphatic heterocycles. The number of hydrogen-bond donors (Lipinski definition) is 0. The molecular weight excluding hydrogens is 443 g/mol. The zero-order chi connectivity index (χ0) is 17.2. The number of aryl methyl sites for hydroxylation is 2. The number of allylic oxidation sites excluding steroid dienone is 2. The number of pyridine rings is 1. The Morgan fingerprint density at radius 2 is 1.92 bits per heavy atom. The first-order valence-corrected chi connectivity index (χ1v) is 8.98. The van der Waals surface area contributed by atoms with E-state index in [1.807, 2.05) is 19.9 Å². The molecule has 3 nitrogen and oxygen atoms in total. The molecule has 24 heavy (non-hydrogen) atoms. The van der Waals surface area contributed by atoms with E-state index in [0.717, 1.165) is 31.4 Å². The van der Waals surface area contributed by atoms with Crippen LogP contribution in [0, 0.1) is 13.8 Å². The normalized spacial score (nSPS) is 18.2.